The fourth-order valence-corrected chi connectivity index (χ4v) is 2.25. The molecule has 1 aliphatic rings. The first-order valence-corrected chi connectivity index (χ1v) is 5.75. The van der Waals surface area contributed by atoms with Crippen molar-refractivity contribution >= 4 is 23.0 Å². The maximum atomic E-state index is 10.5. The second kappa shape index (κ2) is 4.70. The predicted molar refractivity (Wildman–Crippen MR) is 64.0 cm³/mol. The molecule has 0 amide bonds. The Bertz CT molecular complexity index is 403. The lowest BCUT2D eigenvalue weighted by molar-refractivity contribution is -0.384. The van der Waals surface area contributed by atoms with E-state index in [0.29, 0.717) is 11.1 Å². The van der Waals surface area contributed by atoms with E-state index in [0.717, 1.165) is 18.5 Å². The van der Waals surface area contributed by atoms with Gasteiger partial charge in [-0.25, -0.2) is 0 Å². The average Bonchev–Trinajstić information content (AvgIpc) is 2.73. The van der Waals surface area contributed by atoms with E-state index in [9.17, 15) is 10.1 Å². The van der Waals surface area contributed by atoms with Crippen LogP contribution in [0.2, 0.25) is 5.02 Å². The van der Waals surface area contributed by atoms with Crippen molar-refractivity contribution in [2.75, 3.05) is 5.32 Å². The summed E-state index contributed by atoms with van der Waals surface area (Å²) in [5.74, 6) is 0. The van der Waals surface area contributed by atoms with Crippen LogP contribution in [0, 0.1) is 10.1 Å². The quantitative estimate of drug-likeness (QED) is 0.649. The first kappa shape index (κ1) is 11.2. The third kappa shape index (κ3) is 2.44. The fourth-order valence-electron chi connectivity index (χ4n) is 2.02. The molecule has 1 aromatic carbocycles. The molecule has 0 bridgehead atoms. The second-order valence-corrected chi connectivity index (χ2v) is 4.45. The number of nitrogens with zero attached hydrogens (tertiary/aromatic N) is 1. The van der Waals surface area contributed by atoms with Gasteiger partial charge in [0.05, 0.1) is 15.6 Å². The molecule has 4 nitrogen and oxygen atoms in total. The van der Waals surface area contributed by atoms with E-state index in [4.69, 9.17) is 11.6 Å². The highest BCUT2D eigenvalue weighted by atomic mass is 35.5. The topological polar surface area (TPSA) is 55.2 Å². The summed E-state index contributed by atoms with van der Waals surface area (Å²) in [5.41, 5.74) is 0.820. The third-order valence-electron chi connectivity index (χ3n) is 2.88. The lowest BCUT2D eigenvalue weighted by Crippen LogP contribution is -2.14. The van der Waals surface area contributed by atoms with Crippen LogP contribution in [0.3, 0.4) is 0 Å². The lowest BCUT2D eigenvalue weighted by Gasteiger charge is -2.14. The monoisotopic (exact) mass is 240 g/mol. The van der Waals surface area contributed by atoms with Crippen molar-refractivity contribution in [3.8, 4) is 0 Å². The van der Waals surface area contributed by atoms with Crippen LogP contribution in [-0.2, 0) is 0 Å². The van der Waals surface area contributed by atoms with Gasteiger partial charge in [0.15, 0.2) is 0 Å². The molecule has 0 spiro atoms. The highest BCUT2D eigenvalue weighted by Gasteiger charge is 2.16. The van der Waals surface area contributed by atoms with Crippen molar-refractivity contribution in [1.29, 1.82) is 0 Å². The number of benzene rings is 1. The average molecular weight is 241 g/mol. The van der Waals surface area contributed by atoms with Crippen LogP contribution in [0.4, 0.5) is 11.4 Å². The van der Waals surface area contributed by atoms with E-state index in [1.807, 2.05) is 0 Å². The van der Waals surface area contributed by atoms with Crippen LogP contribution in [0.1, 0.15) is 25.7 Å². The molecule has 86 valence electrons. The number of nitro benzene ring substituents is 1. The van der Waals surface area contributed by atoms with Gasteiger partial charge in [0, 0.05) is 18.2 Å². The summed E-state index contributed by atoms with van der Waals surface area (Å²) in [6.45, 7) is 0. The van der Waals surface area contributed by atoms with E-state index in [1.54, 1.807) is 6.07 Å². The first-order chi connectivity index (χ1) is 7.66. The van der Waals surface area contributed by atoms with Gasteiger partial charge in [-0.3, -0.25) is 10.1 Å². The molecule has 0 aliphatic heterocycles. The highest BCUT2D eigenvalue weighted by molar-refractivity contribution is 6.33. The van der Waals surface area contributed by atoms with Crippen molar-refractivity contribution in [3.63, 3.8) is 0 Å². The molecule has 0 radical (unpaired) electrons. The number of rotatable bonds is 3. The summed E-state index contributed by atoms with van der Waals surface area (Å²) < 4.78 is 0. The fraction of sp³-hybridized carbons (Fsp3) is 0.455. The molecule has 1 N–H and O–H groups in total. The minimum absolute atomic E-state index is 0.0296. The number of anilines is 1. The lowest BCUT2D eigenvalue weighted by atomic mass is 10.2. The molecule has 1 aliphatic carbocycles. The van der Waals surface area contributed by atoms with Crippen molar-refractivity contribution < 1.29 is 4.92 Å². The minimum atomic E-state index is -0.439. The largest absolute Gasteiger partial charge is 0.381 e. The zero-order chi connectivity index (χ0) is 11.5. The van der Waals surface area contributed by atoms with Crippen LogP contribution in [-0.4, -0.2) is 11.0 Å². The first-order valence-electron chi connectivity index (χ1n) is 5.37. The van der Waals surface area contributed by atoms with Gasteiger partial charge in [-0.15, -0.1) is 0 Å². The molecule has 0 atom stereocenters. The zero-order valence-corrected chi connectivity index (χ0v) is 9.54. The van der Waals surface area contributed by atoms with Crippen molar-refractivity contribution in [2.24, 2.45) is 0 Å². The van der Waals surface area contributed by atoms with E-state index in [1.165, 1.54) is 25.0 Å². The van der Waals surface area contributed by atoms with E-state index >= 15 is 0 Å². The Labute approximate surface area is 98.8 Å². The number of nitro groups is 1. The van der Waals surface area contributed by atoms with Gasteiger partial charge in [-0.1, -0.05) is 24.4 Å². The third-order valence-corrected chi connectivity index (χ3v) is 3.19. The molecular formula is C11H13ClN2O2. The molecule has 1 aromatic rings. The molecule has 0 unspecified atom stereocenters. The summed E-state index contributed by atoms with van der Waals surface area (Å²) in [6, 6.07) is 5.00. The van der Waals surface area contributed by atoms with Crippen molar-refractivity contribution in [3.05, 3.63) is 33.3 Å². The highest BCUT2D eigenvalue weighted by Crippen LogP contribution is 2.29. The summed E-state index contributed by atoms with van der Waals surface area (Å²) in [6.07, 6.45) is 4.77. The van der Waals surface area contributed by atoms with Crippen molar-refractivity contribution in [2.45, 2.75) is 31.7 Å². The number of nitrogens with one attached hydrogen (secondary N) is 1. The summed E-state index contributed by atoms with van der Waals surface area (Å²) >= 11 is 5.98. The number of halogens is 1. The van der Waals surface area contributed by atoms with Crippen LogP contribution < -0.4 is 5.32 Å². The van der Waals surface area contributed by atoms with E-state index in [2.05, 4.69) is 5.32 Å². The van der Waals surface area contributed by atoms with Gasteiger partial charge < -0.3 is 5.32 Å². The smallest absolute Gasteiger partial charge is 0.271 e. The molecule has 0 heterocycles. The molecule has 16 heavy (non-hydrogen) atoms. The Morgan fingerprint density at radius 2 is 2.06 bits per heavy atom. The minimum Gasteiger partial charge on any atom is -0.381 e. The molecule has 0 aromatic heterocycles. The van der Waals surface area contributed by atoms with Crippen LogP contribution in [0.25, 0.3) is 0 Å². The van der Waals surface area contributed by atoms with E-state index < -0.39 is 4.92 Å². The molecule has 0 saturated heterocycles. The molecular weight excluding hydrogens is 228 g/mol. The van der Waals surface area contributed by atoms with Gasteiger partial charge in [0.2, 0.25) is 0 Å². The second-order valence-electron chi connectivity index (χ2n) is 4.05. The maximum absolute atomic E-state index is 10.5. The van der Waals surface area contributed by atoms with Gasteiger partial charge in [-0.2, -0.15) is 0 Å². The number of hydrogen-bond donors (Lipinski definition) is 1. The summed E-state index contributed by atoms with van der Waals surface area (Å²) in [5, 5.41) is 14.3. The van der Waals surface area contributed by atoms with Gasteiger partial charge in [0.1, 0.15) is 0 Å². The van der Waals surface area contributed by atoms with E-state index in [-0.39, 0.29) is 5.69 Å². The Hall–Kier alpha value is -1.29. The standard InChI is InChI=1S/C11H13ClN2O2/c12-10-7-9(14(15)16)5-6-11(10)13-8-3-1-2-4-8/h5-8,13H,1-4H2. The molecule has 5 heteroatoms. The van der Waals surface area contributed by atoms with Crippen molar-refractivity contribution in [1.82, 2.24) is 0 Å². The molecule has 1 saturated carbocycles. The number of non-ortho nitro benzene ring substituents is 1. The molecule has 1 fully saturated rings. The predicted octanol–water partition coefficient (Wildman–Crippen LogP) is 3.60. The van der Waals surface area contributed by atoms with Gasteiger partial charge in [0.25, 0.3) is 5.69 Å². The van der Waals surface area contributed by atoms with Crippen LogP contribution in [0.15, 0.2) is 18.2 Å². The van der Waals surface area contributed by atoms with Crippen LogP contribution in [0.5, 0.6) is 0 Å². The number of hydrogen-bond acceptors (Lipinski definition) is 3. The summed E-state index contributed by atoms with van der Waals surface area (Å²) in [4.78, 5) is 10.1. The Kier molecular flexibility index (Phi) is 3.29. The maximum Gasteiger partial charge on any atom is 0.271 e. The SMILES string of the molecule is O=[N+]([O-])c1ccc(NC2CCCC2)c(Cl)c1. The normalized spacial score (nSPS) is 16.3. The van der Waals surface area contributed by atoms with Crippen LogP contribution >= 0.6 is 11.6 Å². The van der Waals surface area contributed by atoms with Gasteiger partial charge in [-0.05, 0) is 18.9 Å². The summed E-state index contributed by atoms with van der Waals surface area (Å²) in [7, 11) is 0. The van der Waals surface area contributed by atoms with Gasteiger partial charge >= 0.3 is 0 Å². The Morgan fingerprint density at radius 3 is 2.62 bits per heavy atom. The Balaban J connectivity index is 2.12. The zero-order valence-electron chi connectivity index (χ0n) is 8.78. The Morgan fingerprint density at radius 1 is 1.38 bits per heavy atom. The molecule has 2 rings (SSSR count).